The van der Waals surface area contributed by atoms with Crippen molar-refractivity contribution < 1.29 is 15.0 Å². The third-order valence-electron chi connectivity index (χ3n) is 3.67. The van der Waals surface area contributed by atoms with Crippen LogP contribution in [0.2, 0.25) is 0 Å². The van der Waals surface area contributed by atoms with Crippen molar-refractivity contribution in [1.82, 2.24) is 4.90 Å². The smallest absolute Gasteiger partial charge is 0.306 e. The molecular weight excluding hydrogens is 242 g/mol. The maximum atomic E-state index is 10.8. The van der Waals surface area contributed by atoms with Gasteiger partial charge in [0.15, 0.2) is 0 Å². The van der Waals surface area contributed by atoms with Gasteiger partial charge in [-0.05, 0) is 31.4 Å². The highest BCUT2D eigenvalue weighted by Crippen LogP contribution is 2.24. The van der Waals surface area contributed by atoms with Crippen molar-refractivity contribution in [3.8, 4) is 0 Å². The number of likely N-dealkylation sites (tertiary alicyclic amines) is 1. The number of aliphatic hydroxyl groups is 1. The van der Waals surface area contributed by atoms with Gasteiger partial charge in [-0.15, -0.1) is 0 Å². The number of hydrogen-bond acceptors (Lipinski definition) is 3. The van der Waals surface area contributed by atoms with Gasteiger partial charge in [-0.1, -0.05) is 30.3 Å². The predicted molar refractivity (Wildman–Crippen MR) is 73.0 cm³/mol. The fourth-order valence-corrected chi connectivity index (χ4v) is 2.75. The Bertz CT molecular complexity index is 421. The van der Waals surface area contributed by atoms with Gasteiger partial charge in [-0.2, -0.15) is 0 Å². The van der Waals surface area contributed by atoms with Crippen molar-refractivity contribution in [2.75, 3.05) is 19.6 Å². The van der Waals surface area contributed by atoms with Crippen LogP contribution in [0.15, 0.2) is 30.3 Å². The van der Waals surface area contributed by atoms with Gasteiger partial charge in [0.25, 0.3) is 0 Å². The number of β-amino-alcohol motifs (C(OH)–C–C–N with tert-alkyl or cyclic N) is 1. The van der Waals surface area contributed by atoms with Crippen LogP contribution in [0.5, 0.6) is 0 Å². The molecule has 0 aliphatic carbocycles. The summed E-state index contributed by atoms with van der Waals surface area (Å²) in [6.45, 7) is 2.27. The van der Waals surface area contributed by atoms with Crippen LogP contribution in [-0.2, 0) is 11.2 Å². The minimum Gasteiger partial charge on any atom is -0.481 e. The molecular formula is C15H21NO3. The second kappa shape index (κ2) is 6.17. The first-order chi connectivity index (χ1) is 9.07. The van der Waals surface area contributed by atoms with Gasteiger partial charge in [-0.25, -0.2) is 0 Å². The summed E-state index contributed by atoms with van der Waals surface area (Å²) in [4.78, 5) is 12.9. The summed E-state index contributed by atoms with van der Waals surface area (Å²) in [5.41, 5.74) is 0.218. The second-order valence-corrected chi connectivity index (χ2v) is 5.41. The molecule has 1 aromatic rings. The molecule has 104 valence electrons. The summed E-state index contributed by atoms with van der Waals surface area (Å²) >= 11 is 0. The van der Waals surface area contributed by atoms with Crippen LogP contribution in [0.25, 0.3) is 0 Å². The molecule has 1 atom stereocenters. The quantitative estimate of drug-likeness (QED) is 0.846. The number of rotatable bonds is 5. The average Bonchev–Trinajstić information content (AvgIpc) is 2.36. The summed E-state index contributed by atoms with van der Waals surface area (Å²) in [7, 11) is 0. The number of carboxylic acids is 1. The molecule has 0 radical (unpaired) electrons. The third-order valence-corrected chi connectivity index (χ3v) is 3.67. The van der Waals surface area contributed by atoms with Crippen LogP contribution in [0.4, 0.5) is 0 Å². The Hall–Kier alpha value is -1.39. The zero-order valence-corrected chi connectivity index (χ0v) is 11.1. The van der Waals surface area contributed by atoms with Crippen molar-refractivity contribution in [2.45, 2.75) is 31.3 Å². The lowest BCUT2D eigenvalue weighted by Crippen LogP contribution is -2.49. The van der Waals surface area contributed by atoms with Crippen molar-refractivity contribution in [3.63, 3.8) is 0 Å². The normalized spacial score (nSPS) is 24.3. The van der Waals surface area contributed by atoms with E-state index in [1.165, 1.54) is 5.56 Å². The van der Waals surface area contributed by atoms with Gasteiger partial charge in [0.2, 0.25) is 0 Å². The zero-order chi connectivity index (χ0) is 13.7. The number of carbonyl (C=O) groups is 1. The molecule has 0 saturated carbocycles. The van der Waals surface area contributed by atoms with Gasteiger partial charge in [0, 0.05) is 13.1 Å². The van der Waals surface area contributed by atoms with Crippen LogP contribution in [0, 0.1) is 0 Å². The highest BCUT2D eigenvalue weighted by molar-refractivity contribution is 5.68. The first-order valence-corrected chi connectivity index (χ1v) is 6.78. The Morgan fingerprint density at radius 2 is 2.05 bits per heavy atom. The highest BCUT2D eigenvalue weighted by Gasteiger charge is 2.35. The van der Waals surface area contributed by atoms with E-state index in [0.717, 1.165) is 25.9 Å². The largest absolute Gasteiger partial charge is 0.481 e. The SMILES string of the molecule is O=C(O)CC1(O)CCCN(CCc2ccccc2)C1. The van der Waals surface area contributed by atoms with E-state index in [2.05, 4.69) is 17.0 Å². The molecule has 2 N–H and O–H groups in total. The lowest BCUT2D eigenvalue weighted by Gasteiger charge is -2.38. The summed E-state index contributed by atoms with van der Waals surface area (Å²) in [6, 6.07) is 10.2. The molecule has 1 unspecified atom stereocenters. The number of benzene rings is 1. The van der Waals surface area contributed by atoms with Crippen molar-refractivity contribution in [1.29, 1.82) is 0 Å². The van der Waals surface area contributed by atoms with Crippen molar-refractivity contribution in [3.05, 3.63) is 35.9 Å². The first kappa shape index (κ1) is 14.0. The van der Waals surface area contributed by atoms with Gasteiger partial charge < -0.3 is 15.1 Å². The summed E-state index contributed by atoms with van der Waals surface area (Å²) in [5, 5.41) is 19.1. The van der Waals surface area contributed by atoms with E-state index in [9.17, 15) is 9.90 Å². The minimum atomic E-state index is -1.05. The lowest BCUT2D eigenvalue weighted by molar-refractivity contribution is -0.145. The highest BCUT2D eigenvalue weighted by atomic mass is 16.4. The van der Waals surface area contributed by atoms with E-state index in [1.807, 2.05) is 18.2 Å². The Morgan fingerprint density at radius 1 is 1.32 bits per heavy atom. The van der Waals surface area contributed by atoms with E-state index in [4.69, 9.17) is 5.11 Å². The summed E-state index contributed by atoms with van der Waals surface area (Å²) in [5.74, 6) is -0.924. The van der Waals surface area contributed by atoms with Gasteiger partial charge in [-0.3, -0.25) is 4.79 Å². The summed E-state index contributed by atoms with van der Waals surface area (Å²) < 4.78 is 0. The Kier molecular flexibility index (Phi) is 4.56. The Balaban J connectivity index is 1.86. The molecule has 0 spiro atoms. The molecule has 0 bridgehead atoms. The maximum absolute atomic E-state index is 10.8. The van der Waals surface area contributed by atoms with Crippen LogP contribution in [0.3, 0.4) is 0 Å². The molecule has 19 heavy (non-hydrogen) atoms. The lowest BCUT2D eigenvalue weighted by atomic mass is 9.89. The van der Waals surface area contributed by atoms with E-state index in [1.54, 1.807) is 0 Å². The monoisotopic (exact) mass is 263 g/mol. The van der Waals surface area contributed by atoms with E-state index in [0.29, 0.717) is 13.0 Å². The van der Waals surface area contributed by atoms with Crippen LogP contribution >= 0.6 is 0 Å². The Morgan fingerprint density at radius 3 is 2.74 bits per heavy atom. The fourth-order valence-electron chi connectivity index (χ4n) is 2.75. The van der Waals surface area contributed by atoms with E-state index in [-0.39, 0.29) is 6.42 Å². The number of aliphatic carboxylic acids is 1. The fraction of sp³-hybridized carbons (Fsp3) is 0.533. The third kappa shape index (κ3) is 4.33. The molecule has 4 nitrogen and oxygen atoms in total. The molecule has 1 fully saturated rings. The van der Waals surface area contributed by atoms with Gasteiger partial charge >= 0.3 is 5.97 Å². The summed E-state index contributed by atoms with van der Waals surface area (Å²) in [6.07, 6.45) is 2.22. The number of hydrogen-bond donors (Lipinski definition) is 2. The van der Waals surface area contributed by atoms with Crippen LogP contribution in [0.1, 0.15) is 24.8 Å². The van der Waals surface area contributed by atoms with E-state index >= 15 is 0 Å². The topological polar surface area (TPSA) is 60.8 Å². The number of carboxylic acid groups (broad SMARTS) is 1. The first-order valence-electron chi connectivity index (χ1n) is 6.78. The molecule has 0 amide bonds. The number of piperidine rings is 1. The standard InChI is InChI=1S/C15H21NO3/c17-14(18)11-15(19)8-4-9-16(12-15)10-7-13-5-2-1-3-6-13/h1-3,5-6,19H,4,7-12H2,(H,17,18). The molecule has 1 aliphatic heterocycles. The molecule has 0 aromatic heterocycles. The molecule has 1 heterocycles. The van der Waals surface area contributed by atoms with Crippen LogP contribution < -0.4 is 0 Å². The van der Waals surface area contributed by atoms with Crippen LogP contribution in [-0.4, -0.2) is 46.3 Å². The van der Waals surface area contributed by atoms with Gasteiger partial charge in [0.05, 0.1) is 12.0 Å². The van der Waals surface area contributed by atoms with Gasteiger partial charge in [0.1, 0.15) is 0 Å². The van der Waals surface area contributed by atoms with E-state index < -0.39 is 11.6 Å². The van der Waals surface area contributed by atoms with Crippen molar-refractivity contribution >= 4 is 5.97 Å². The zero-order valence-electron chi connectivity index (χ0n) is 11.1. The Labute approximate surface area is 113 Å². The number of nitrogens with zero attached hydrogens (tertiary/aromatic N) is 1. The van der Waals surface area contributed by atoms with Crippen molar-refractivity contribution in [2.24, 2.45) is 0 Å². The maximum Gasteiger partial charge on any atom is 0.306 e. The molecule has 4 heteroatoms. The molecule has 1 saturated heterocycles. The second-order valence-electron chi connectivity index (χ2n) is 5.41. The molecule has 1 aromatic carbocycles. The molecule has 2 rings (SSSR count). The molecule has 1 aliphatic rings. The average molecular weight is 263 g/mol. The minimum absolute atomic E-state index is 0.158. The predicted octanol–water partition coefficient (Wildman–Crippen LogP) is 1.53.